The van der Waals surface area contributed by atoms with E-state index in [1.807, 2.05) is 12.1 Å². The summed E-state index contributed by atoms with van der Waals surface area (Å²) in [7, 11) is 1.75. The number of carbonyl (C=O) groups is 2. The Morgan fingerprint density at radius 2 is 1.33 bits per heavy atom. The zero-order valence-corrected chi connectivity index (χ0v) is 17.6. The van der Waals surface area contributed by atoms with E-state index in [0.29, 0.717) is 0 Å². The van der Waals surface area contributed by atoms with Crippen molar-refractivity contribution in [3.63, 3.8) is 0 Å². The molecule has 0 amide bonds. The molecule has 1 aliphatic heterocycles. The van der Waals surface area contributed by atoms with Gasteiger partial charge in [0.15, 0.2) is 0 Å². The zero-order valence-electron chi connectivity index (χ0n) is 17.6. The van der Waals surface area contributed by atoms with Crippen molar-refractivity contribution >= 4 is 11.9 Å². The predicted octanol–water partition coefficient (Wildman–Crippen LogP) is 2.73. The maximum atomic E-state index is 9.10. The average molecular weight is 415 g/mol. The van der Waals surface area contributed by atoms with Gasteiger partial charge in [-0.05, 0) is 23.6 Å². The minimum Gasteiger partial charge on any atom is -0.496 e. The van der Waals surface area contributed by atoms with E-state index in [4.69, 9.17) is 24.5 Å². The predicted molar refractivity (Wildman–Crippen MR) is 115 cm³/mol. The van der Waals surface area contributed by atoms with Gasteiger partial charge in [0.05, 0.1) is 7.11 Å². The molecule has 2 N–H and O–H groups in total. The lowest BCUT2D eigenvalue weighted by Gasteiger charge is -2.35. The van der Waals surface area contributed by atoms with E-state index in [2.05, 4.69) is 53.1 Å². The number of rotatable bonds is 6. The first-order valence-electron chi connectivity index (χ1n) is 10.0. The molecule has 0 atom stereocenters. The third kappa shape index (κ3) is 7.50. The van der Waals surface area contributed by atoms with Gasteiger partial charge in [0, 0.05) is 44.8 Å². The van der Waals surface area contributed by atoms with Gasteiger partial charge in [0.25, 0.3) is 0 Å². The van der Waals surface area contributed by atoms with Crippen molar-refractivity contribution < 1.29 is 24.5 Å². The van der Waals surface area contributed by atoms with E-state index < -0.39 is 11.9 Å². The summed E-state index contributed by atoms with van der Waals surface area (Å²) in [6.07, 6.45) is 1.11. The van der Waals surface area contributed by atoms with E-state index in [-0.39, 0.29) is 0 Å². The van der Waals surface area contributed by atoms with Crippen LogP contribution in [0.1, 0.15) is 23.6 Å². The highest BCUT2D eigenvalue weighted by molar-refractivity contribution is 6.27. The molecule has 0 saturated carbocycles. The number of carboxylic acid groups (broad SMARTS) is 2. The highest BCUT2D eigenvalue weighted by atomic mass is 16.5. The molecule has 1 aliphatic rings. The lowest BCUT2D eigenvalue weighted by Crippen LogP contribution is -2.45. The summed E-state index contributed by atoms with van der Waals surface area (Å²) in [5.74, 6) is -2.65. The molecule has 0 aromatic heterocycles. The molecule has 2 aromatic rings. The number of hydrogen-bond acceptors (Lipinski definition) is 5. The summed E-state index contributed by atoms with van der Waals surface area (Å²) < 4.78 is 5.47. The standard InChI is InChI=1S/C21H28N2O.C2H2O4/c1-3-18-8-10-19(11-9-18)16-22-12-14-23(15-13-22)17-20-6-4-5-7-21(20)24-2;3-1(4)2(5)6/h4-11H,3,12-17H2,1-2H3;(H,3,4)(H,5,6). The molecule has 0 radical (unpaired) electrons. The molecular formula is C23H30N2O5. The molecule has 1 heterocycles. The fraction of sp³-hybridized carbons (Fsp3) is 0.391. The van der Waals surface area contributed by atoms with Crippen molar-refractivity contribution in [2.24, 2.45) is 0 Å². The van der Waals surface area contributed by atoms with Crippen LogP contribution < -0.4 is 4.74 Å². The molecule has 7 nitrogen and oxygen atoms in total. The number of carboxylic acids is 2. The van der Waals surface area contributed by atoms with Crippen LogP contribution in [0.5, 0.6) is 5.75 Å². The van der Waals surface area contributed by atoms with E-state index in [9.17, 15) is 0 Å². The second-order valence-corrected chi connectivity index (χ2v) is 7.14. The van der Waals surface area contributed by atoms with Gasteiger partial charge in [-0.3, -0.25) is 9.80 Å². The van der Waals surface area contributed by atoms with E-state index in [1.54, 1.807) is 7.11 Å². The molecule has 0 spiro atoms. The van der Waals surface area contributed by atoms with Crippen LogP contribution in [0.15, 0.2) is 48.5 Å². The van der Waals surface area contributed by atoms with E-state index in [0.717, 1.165) is 51.4 Å². The molecule has 2 aromatic carbocycles. The van der Waals surface area contributed by atoms with Crippen molar-refractivity contribution in [1.29, 1.82) is 0 Å². The molecule has 1 fully saturated rings. The van der Waals surface area contributed by atoms with Crippen molar-refractivity contribution in [1.82, 2.24) is 9.80 Å². The number of methoxy groups -OCH3 is 1. The normalized spacial score (nSPS) is 14.5. The van der Waals surface area contributed by atoms with Crippen LogP contribution in [-0.4, -0.2) is 65.2 Å². The summed E-state index contributed by atoms with van der Waals surface area (Å²) in [6, 6.07) is 17.4. The quantitative estimate of drug-likeness (QED) is 0.703. The fourth-order valence-electron chi connectivity index (χ4n) is 3.32. The van der Waals surface area contributed by atoms with Crippen LogP contribution in [-0.2, 0) is 29.1 Å². The Labute approximate surface area is 177 Å². The molecule has 7 heteroatoms. The van der Waals surface area contributed by atoms with Crippen molar-refractivity contribution in [3.8, 4) is 5.75 Å². The Kier molecular flexibility index (Phi) is 9.31. The van der Waals surface area contributed by atoms with Crippen LogP contribution in [0.3, 0.4) is 0 Å². The third-order valence-corrected chi connectivity index (χ3v) is 5.07. The van der Waals surface area contributed by atoms with E-state index >= 15 is 0 Å². The van der Waals surface area contributed by atoms with Gasteiger partial charge in [0.1, 0.15) is 5.75 Å². The SMILES string of the molecule is CCc1ccc(CN2CCN(Cc3ccccc3OC)CC2)cc1.O=C(O)C(=O)O. The lowest BCUT2D eigenvalue weighted by molar-refractivity contribution is -0.159. The lowest BCUT2D eigenvalue weighted by atomic mass is 10.1. The number of benzene rings is 2. The van der Waals surface area contributed by atoms with Gasteiger partial charge in [-0.15, -0.1) is 0 Å². The maximum Gasteiger partial charge on any atom is 0.414 e. The Morgan fingerprint density at radius 3 is 1.83 bits per heavy atom. The fourth-order valence-corrected chi connectivity index (χ4v) is 3.32. The smallest absolute Gasteiger partial charge is 0.414 e. The number of hydrogen-bond donors (Lipinski definition) is 2. The van der Waals surface area contributed by atoms with Crippen molar-refractivity contribution in [2.45, 2.75) is 26.4 Å². The summed E-state index contributed by atoms with van der Waals surface area (Å²) in [5.41, 5.74) is 4.12. The Morgan fingerprint density at radius 1 is 0.833 bits per heavy atom. The third-order valence-electron chi connectivity index (χ3n) is 5.07. The Balaban J connectivity index is 0.000000469. The number of ether oxygens (including phenoxy) is 1. The monoisotopic (exact) mass is 414 g/mol. The minimum atomic E-state index is -1.82. The van der Waals surface area contributed by atoms with Gasteiger partial charge in [-0.2, -0.15) is 0 Å². The van der Waals surface area contributed by atoms with E-state index in [1.165, 1.54) is 16.7 Å². The summed E-state index contributed by atoms with van der Waals surface area (Å²) >= 11 is 0. The molecule has 162 valence electrons. The number of aryl methyl sites for hydroxylation is 1. The first-order valence-corrected chi connectivity index (χ1v) is 10.0. The minimum absolute atomic E-state index is 0.975. The molecule has 0 bridgehead atoms. The molecule has 0 aliphatic carbocycles. The Bertz CT molecular complexity index is 803. The van der Waals surface area contributed by atoms with Crippen LogP contribution >= 0.6 is 0 Å². The number of para-hydroxylation sites is 1. The zero-order chi connectivity index (χ0) is 21.9. The van der Waals surface area contributed by atoms with Crippen molar-refractivity contribution in [3.05, 3.63) is 65.2 Å². The number of aliphatic carboxylic acids is 2. The number of nitrogens with zero attached hydrogens (tertiary/aromatic N) is 2. The summed E-state index contributed by atoms with van der Waals surface area (Å²) in [5, 5.41) is 14.8. The second kappa shape index (κ2) is 11.9. The molecular weight excluding hydrogens is 384 g/mol. The molecule has 3 rings (SSSR count). The summed E-state index contributed by atoms with van der Waals surface area (Å²) in [4.78, 5) is 23.3. The Hall–Kier alpha value is -2.90. The second-order valence-electron chi connectivity index (χ2n) is 7.14. The largest absolute Gasteiger partial charge is 0.496 e. The van der Waals surface area contributed by atoms with Gasteiger partial charge in [-0.1, -0.05) is 49.4 Å². The van der Waals surface area contributed by atoms with Crippen LogP contribution in [0.2, 0.25) is 0 Å². The van der Waals surface area contributed by atoms with Gasteiger partial charge in [-0.25, -0.2) is 9.59 Å². The van der Waals surface area contributed by atoms with Gasteiger partial charge in [0.2, 0.25) is 0 Å². The highest BCUT2D eigenvalue weighted by Crippen LogP contribution is 2.20. The molecule has 30 heavy (non-hydrogen) atoms. The van der Waals surface area contributed by atoms with Gasteiger partial charge < -0.3 is 14.9 Å². The maximum absolute atomic E-state index is 9.10. The topological polar surface area (TPSA) is 90.3 Å². The molecule has 1 saturated heterocycles. The average Bonchev–Trinajstić information content (AvgIpc) is 2.76. The highest BCUT2D eigenvalue weighted by Gasteiger charge is 2.18. The first-order chi connectivity index (χ1) is 14.4. The molecule has 0 unspecified atom stereocenters. The van der Waals surface area contributed by atoms with Gasteiger partial charge >= 0.3 is 11.9 Å². The summed E-state index contributed by atoms with van der Waals surface area (Å²) in [6.45, 7) is 8.73. The van der Waals surface area contributed by atoms with Crippen molar-refractivity contribution in [2.75, 3.05) is 33.3 Å². The van der Waals surface area contributed by atoms with Crippen LogP contribution in [0.25, 0.3) is 0 Å². The van der Waals surface area contributed by atoms with Crippen LogP contribution in [0, 0.1) is 0 Å². The first kappa shape index (κ1) is 23.4. The number of piperazine rings is 1. The van der Waals surface area contributed by atoms with Crippen LogP contribution in [0.4, 0.5) is 0 Å².